The van der Waals surface area contributed by atoms with Crippen molar-refractivity contribution >= 4 is 5.97 Å². The molecular formula is C9H18O4. The molecule has 0 radical (unpaired) electrons. The van der Waals surface area contributed by atoms with Gasteiger partial charge in [0.1, 0.15) is 0 Å². The third kappa shape index (κ3) is 5.60. The maximum absolute atomic E-state index is 10.6. The summed E-state index contributed by atoms with van der Waals surface area (Å²) in [6.07, 6.45) is -0.722. The van der Waals surface area contributed by atoms with Crippen LogP contribution in [0.1, 0.15) is 20.8 Å². The molecule has 1 atom stereocenters. The number of hydrogen-bond acceptors (Lipinski definition) is 3. The van der Waals surface area contributed by atoms with Crippen molar-refractivity contribution in [3.05, 3.63) is 0 Å². The van der Waals surface area contributed by atoms with Gasteiger partial charge in [0, 0.05) is 6.61 Å². The highest BCUT2D eigenvalue weighted by molar-refractivity contribution is 5.72. The first kappa shape index (κ1) is 12.4. The highest BCUT2D eigenvalue weighted by Gasteiger charge is 2.21. The lowest BCUT2D eigenvalue weighted by atomic mass is 10.1. The Hall–Kier alpha value is -0.610. The zero-order valence-corrected chi connectivity index (χ0v) is 8.45. The SMILES string of the molecule is CCOCCOC(C(=O)O)C(C)C. The van der Waals surface area contributed by atoms with E-state index in [-0.39, 0.29) is 5.92 Å². The minimum Gasteiger partial charge on any atom is -0.479 e. The van der Waals surface area contributed by atoms with Gasteiger partial charge in [0.25, 0.3) is 0 Å². The Labute approximate surface area is 78.8 Å². The molecule has 0 aromatic carbocycles. The van der Waals surface area contributed by atoms with Crippen molar-refractivity contribution in [2.75, 3.05) is 19.8 Å². The molecule has 0 aliphatic heterocycles. The van der Waals surface area contributed by atoms with Gasteiger partial charge in [0.15, 0.2) is 6.10 Å². The van der Waals surface area contributed by atoms with Crippen molar-refractivity contribution < 1.29 is 19.4 Å². The summed E-state index contributed by atoms with van der Waals surface area (Å²) >= 11 is 0. The van der Waals surface area contributed by atoms with E-state index >= 15 is 0 Å². The summed E-state index contributed by atoms with van der Waals surface area (Å²) in [6.45, 7) is 6.94. The normalized spacial score (nSPS) is 13.2. The maximum atomic E-state index is 10.6. The first-order valence-electron chi connectivity index (χ1n) is 4.51. The molecule has 0 aromatic heterocycles. The molecule has 0 fully saturated rings. The van der Waals surface area contributed by atoms with Gasteiger partial charge in [-0.15, -0.1) is 0 Å². The molecule has 0 rings (SSSR count). The van der Waals surface area contributed by atoms with Crippen molar-refractivity contribution in [2.24, 2.45) is 5.92 Å². The monoisotopic (exact) mass is 190 g/mol. The van der Waals surface area contributed by atoms with Crippen molar-refractivity contribution in [3.8, 4) is 0 Å². The molecule has 0 heterocycles. The zero-order valence-electron chi connectivity index (χ0n) is 8.45. The molecule has 0 saturated carbocycles. The number of carboxylic acid groups (broad SMARTS) is 1. The third-order valence-corrected chi connectivity index (χ3v) is 1.58. The summed E-state index contributed by atoms with van der Waals surface area (Å²) in [4.78, 5) is 10.6. The van der Waals surface area contributed by atoms with Crippen molar-refractivity contribution in [2.45, 2.75) is 26.9 Å². The number of carboxylic acids is 1. The first-order valence-corrected chi connectivity index (χ1v) is 4.51. The van der Waals surface area contributed by atoms with Gasteiger partial charge in [0.05, 0.1) is 13.2 Å². The Kier molecular flexibility index (Phi) is 6.54. The predicted molar refractivity (Wildman–Crippen MR) is 48.7 cm³/mol. The lowest BCUT2D eigenvalue weighted by Gasteiger charge is -2.16. The summed E-state index contributed by atoms with van der Waals surface area (Å²) in [6, 6.07) is 0. The minimum atomic E-state index is -0.911. The van der Waals surface area contributed by atoms with Gasteiger partial charge in [-0.05, 0) is 12.8 Å². The van der Waals surface area contributed by atoms with Crippen LogP contribution in [-0.2, 0) is 14.3 Å². The molecule has 0 saturated heterocycles. The number of rotatable bonds is 7. The quantitative estimate of drug-likeness (QED) is 0.612. The first-order chi connectivity index (χ1) is 6.09. The van der Waals surface area contributed by atoms with E-state index in [9.17, 15) is 4.79 Å². The fraction of sp³-hybridized carbons (Fsp3) is 0.889. The van der Waals surface area contributed by atoms with E-state index in [1.165, 1.54) is 0 Å². The molecular weight excluding hydrogens is 172 g/mol. The standard InChI is InChI=1S/C9H18O4/c1-4-12-5-6-13-8(7(2)3)9(10)11/h7-8H,4-6H2,1-3H3,(H,10,11). The van der Waals surface area contributed by atoms with Crippen LogP contribution in [0.2, 0.25) is 0 Å². The Bertz CT molecular complexity index is 145. The van der Waals surface area contributed by atoms with Crippen LogP contribution in [0.25, 0.3) is 0 Å². The summed E-state index contributed by atoms with van der Waals surface area (Å²) in [5.41, 5.74) is 0. The lowest BCUT2D eigenvalue weighted by molar-refractivity contribution is -0.154. The van der Waals surface area contributed by atoms with Crippen LogP contribution in [-0.4, -0.2) is 37.0 Å². The largest absolute Gasteiger partial charge is 0.479 e. The van der Waals surface area contributed by atoms with E-state index in [0.29, 0.717) is 19.8 Å². The molecule has 1 N–H and O–H groups in total. The van der Waals surface area contributed by atoms with E-state index in [2.05, 4.69) is 0 Å². The lowest BCUT2D eigenvalue weighted by Crippen LogP contribution is -2.30. The van der Waals surface area contributed by atoms with Crippen LogP contribution in [0.15, 0.2) is 0 Å². The molecule has 0 amide bonds. The average Bonchev–Trinajstić information content (AvgIpc) is 2.02. The van der Waals surface area contributed by atoms with Gasteiger partial charge >= 0.3 is 5.97 Å². The van der Waals surface area contributed by atoms with Crippen LogP contribution in [0.5, 0.6) is 0 Å². The Morgan fingerprint density at radius 3 is 2.38 bits per heavy atom. The third-order valence-electron chi connectivity index (χ3n) is 1.58. The number of aliphatic carboxylic acids is 1. The molecule has 1 unspecified atom stereocenters. The zero-order chi connectivity index (χ0) is 10.3. The average molecular weight is 190 g/mol. The fourth-order valence-electron chi connectivity index (χ4n) is 0.927. The van der Waals surface area contributed by atoms with E-state index in [4.69, 9.17) is 14.6 Å². The van der Waals surface area contributed by atoms with Crippen LogP contribution >= 0.6 is 0 Å². The predicted octanol–water partition coefficient (Wildman–Crippen LogP) is 1.15. The number of hydrogen-bond donors (Lipinski definition) is 1. The highest BCUT2D eigenvalue weighted by Crippen LogP contribution is 2.06. The van der Waals surface area contributed by atoms with Gasteiger partial charge in [-0.2, -0.15) is 0 Å². The van der Waals surface area contributed by atoms with E-state index in [1.54, 1.807) is 0 Å². The second-order valence-electron chi connectivity index (χ2n) is 3.07. The second-order valence-corrected chi connectivity index (χ2v) is 3.07. The van der Waals surface area contributed by atoms with Crippen molar-refractivity contribution in [1.82, 2.24) is 0 Å². The molecule has 78 valence electrons. The minimum absolute atomic E-state index is 0.0147. The van der Waals surface area contributed by atoms with Gasteiger partial charge in [0.2, 0.25) is 0 Å². The summed E-state index contributed by atoms with van der Waals surface area (Å²) in [5, 5.41) is 8.73. The van der Waals surface area contributed by atoms with Crippen LogP contribution in [0, 0.1) is 5.92 Å². The Balaban J connectivity index is 3.64. The summed E-state index contributed by atoms with van der Waals surface area (Å²) < 4.78 is 10.2. The molecule has 0 aliphatic carbocycles. The Morgan fingerprint density at radius 2 is 2.00 bits per heavy atom. The molecule has 13 heavy (non-hydrogen) atoms. The van der Waals surface area contributed by atoms with Gasteiger partial charge < -0.3 is 14.6 Å². The topological polar surface area (TPSA) is 55.8 Å². The van der Waals surface area contributed by atoms with Gasteiger partial charge in [-0.25, -0.2) is 4.79 Å². The number of ether oxygens (including phenoxy) is 2. The molecule has 4 heteroatoms. The smallest absolute Gasteiger partial charge is 0.333 e. The van der Waals surface area contributed by atoms with Crippen molar-refractivity contribution in [3.63, 3.8) is 0 Å². The molecule has 0 aromatic rings. The summed E-state index contributed by atoms with van der Waals surface area (Å²) in [7, 11) is 0. The maximum Gasteiger partial charge on any atom is 0.333 e. The molecule has 4 nitrogen and oxygen atoms in total. The second kappa shape index (κ2) is 6.86. The van der Waals surface area contributed by atoms with Crippen LogP contribution in [0.4, 0.5) is 0 Å². The Morgan fingerprint density at radius 1 is 1.38 bits per heavy atom. The molecule has 0 bridgehead atoms. The fourth-order valence-corrected chi connectivity index (χ4v) is 0.927. The van der Waals surface area contributed by atoms with Crippen molar-refractivity contribution in [1.29, 1.82) is 0 Å². The van der Waals surface area contributed by atoms with E-state index in [0.717, 1.165) is 0 Å². The van der Waals surface area contributed by atoms with E-state index in [1.807, 2.05) is 20.8 Å². The molecule has 0 aliphatic rings. The van der Waals surface area contributed by atoms with Gasteiger partial charge in [-0.3, -0.25) is 0 Å². The number of carbonyl (C=O) groups is 1. The summed E-state index contributed by atoms with van der Waals surface area (Å²) in [5.74, 6) is -0.925. The molecule has 0 spiro atoms. The van der Waals surface area contributed by atoms with E-state index < -0.39 is 12.1 Å². The van der Waals surface area contributed by atoms with Gasteiger partial charge in [-0.1, -0.05) is 13.8 Å². The van der Waals surface area contributed by atoms with Crippen LogP contribution < -0.4 is 0 Å². The van der Waals surface area contributed by atoms with Crippen LogP contribution in [0.3, 0.4) is 0 Å². The highest BCUT2D eigenvalue weighted by atomic mass is 16.5.